The van der Waals surface area contributed by atoms with Gasteiger partial charge >= 0.3 is 6.03 Å². The summed E-state index contributed by atoms with van der Waals surface area (Å²) in [6, 6.07) is 3.93. The van der Waals surface area contributed by atoms with Gasteiger partial charge in [-0.05, 0) is 30.2 Å². The molecule has 0 fully saturated rings. The first-order chi connectivity index (χ1) is 9.08. The molecule has 108 valence electrons. The van der Waals surface area contributed by atoms with E-state index >= 15 is 0 Å². The van der Waals surface area contributed by atoms with Crippen LogP contribution >= 0.6 is 11.3 Å². The maximum Gasteiger partial charge on any atom is 0.315 e. The zero-order chi connectivity index (χ0) is 14.3. The fraction of sp³-hybridized carbons (Fsp3) is 0.643. The van der Waals surface area contributed by atoms with Gasteiger partial charge < -0.3 is 15.7 Å². The molecule has 0 saturated heterocycles. The van der Waals surface area contributed by atoms with Crippen molar-refractivity contribution in [3.8, 4) is 0 Å². The Morgan fingerprint density at radius 2 is 2.16 bits per heavy atom. The lowest BCUT2D eigenvalue weighted by Gasteiger charge is -2.23. The molecule has 0 aliphatic rings. The van der Waals surface area contributed by atoms with Crippen LogP contribution in [0.15, 0.2) is 17.5 Å². The van der Waals surface area contributed by atoms with Gasteiger partial charge in [-0.3, -0.25) is 0 Å². The first-order valence-corrected chi connectivity index (χ1v) is 7.67. The van der Waals surface area contributed by atoms with E-state index in [1.807, 2.05) is 31.4 Å². The molecule has 1 heterocycles. The zero-order valence-electron chi connectivity index (χ0n) is 11.8. The van der Waals surface area contributed by atoms with Crippen LogP contribution in [0.5, 0.6) is 0 Å². The fourth-order valence-electron chi connectivity index (χ4n) is 1.94. The molecule has 0 aliphatic heterocycles. The van der Waals surface area contributed by atoms with Gasteiger partial charge in [0.1, 0.15) is 0 Å². The molecule has 0 aliphatic carbocycles. The number of aliphatic hydroxyl groups excluding tert-OH is 1. The van der Waals surface area contributed by atoms with Gasteiger partial charge in [-0.25, -0.2) is 4.79 Å². The number of amides is 2. The topological polar surface area (TPSA) is 61.4 Å². The van der Waals surface area contributed by atoms with Crippen molar-refractivity contribution in [3.63, 3.8) is 0 Å². The number of carbonyl (C=O) groups excluding carboxylic acids is 1. The highest BCUT2D eigenvalue weighted by Gasteiger charge is 2.18. The summed E-state index contributed by atoms with van der Waals surface area (Å²) in [4.78, 5) is 13.2. The molecule has 0 bridgehead atoms. The molecular formula is C14H24N2O2S. The number of aliphatic hydroxyl groups is 1. The third-order valence-corrected chi connectivity index (χ3v) is 4.15. The summed E-state index contributed by atoms with van der Waals surface area (Å²) in [5.41, 5.74) is 0. The number of urea groups is 1. The largest absolute Gasteiger partial charge is 0.396 e. The number of hydrogen-bond acceptors (Lipinski definition) is 3. The van der Waals surface area contributed by atoms with Crippen LogP contribution in [0.1, 0.15) is 44.5 Å². The van der Waals surface area contributed by atoms with Gasteiger partial charge in [-0.15, -0.1) is 11.3 Å². The number of carbonyl (C=O) groups is 1. The van der Waals surface area contributed by atoms with E-state index in [2.05, 4.69) is 17.6 Å². The number of nitrogens with one attached hydrogen (secondary N) is 2. The third kappa shape index (κ3) is 5.20. The van der Waals surface area contributed by atoms with E-state index in [1.54, 1.807) is 11.3 Å². The Morgan fingerprint density at radius 1 is 1.42 bits per heavy atom. The van der Waals surface area contributed by atoms with Crippen LogP contribution in [0.25, 0.3) is 0 Å². The van der Waals surface area contributed by atoms with Gasteiger partial charge in [-0.2, -0.15) is 0 Å². The molecule has 0 saturated carbocycles. The van der Waals surface area contributed by atoms with Crippen molar-refractivity contribution in [1.29, 1.82) is 0 Å². The summed E-state index contributed by atoms with van der Waals surface area (Å²) in [5.74, 6) is 0.305. The van der Waals surface area contributed by atoms with E-state index in [0.29, 0.717) is 12.3 Å². The van der Waals surface area contributed by atoms with Crippen LogP contribution in [-0.4, -0.2) is 23.8 Å². The maximum absolute atomic E-state index is 12.0. The van der Waals surface area contributed by atoms with E-state index in [9.17, 15) is 4.79 Å². The van der Waals surface area contributed by atoms with E-state index in [-0.39, 0.29) is 24.7 Å². The SMILES string of the molecule is CCC(NC(=O)NC(CCO)C(C)C)c1cccs1. The van der Waals surface area contributed by atoms with Crippen molar-refractivity contribution in [2.45, 2.75) is 45.7 Å². The van der Waals surface area contributed by atoms with Gasteiger partial charge in [0.2, 0.25) is 0 Å². The highest BCUT2D eigenvalue weighted by molar-refractivity contribution is 7.10. The summed E-state index contributed by atoms with van der Waals surface area (Å²) in [6.07, 6.45) is 1.45. The molecule has 1 rings (SSSR count). The lowest BCUT2D eigenvalue weighted by Crippen LogP contribution is -2.45. The van der Waals surface area contributed by atoms with Gasteiger partial charge in [0.05, 0.1) is 6.04 Å². The lowest BCUT2D eigenvalue weighted by atomic mass is 10.0. The second-order valence-electron chi connectivity index (χ2n) is 4.96. The molecular weight excluding hydrogens is 260 g/mol. The van der Waals surface area contributed by atoms with Crippen molar-refractivity contribution >= 4 is 17.4 Å². The molecule has 3 N–H and O–H groups in total. The van der Waals surface area contributed by atoms with Crippen LogP contribution in [0, 0.1) is 5.92 Å². The number of hydrogen-bond donors (Lipinski definition) is 3. The van der Waals surface area contributed by atoms with E-state index < -0.39 is 0 Å². The lowest BCUT2D eigenvalue weighted by molar-refractivity contribution is 0.216. The van der Waals surface area contributed by atoms with E-state index in [4.69, 9.17) is 5.11 Å². The molecule has 1 aromatic heterocycles. The highest BCUT2D eigenvalue weighted by Crippen LogP contribution is 2.21. The van der Waals surface area contributed by atoms with Crippen molar-refractivity contribution in [2.75, 3.05) is 6.61 Å². The van der Waals surface area contributed by atoms with Crippen molar-refractivity contribution in [2.24, 2.45) is 5.92 Å². The molecule has 2 amide bonds. The predicted molar refractivity (Wildman–Crippen MR) is 79.3 cm³/mol. The molecule has 2 unspecified atom stereocenters. The Kier molecular flexibility index (Phi) is 6.87. The quantitative estimate of drug-likeness (QED) is 0.721. The summed E-state index contributed by atoms with van der Waals surface area (Å²) in [5, 5.41) is 17.0. The molecule has 19 heavy (non-hydrogen) atoms. The molecule has 0 spiro atoms. The van der Waals surface area contributed by atoms with Crippen LogP contribution in [0.2, 0.25) is 0 Å². The minimum atomic E-state index is -0.160. The smallest absolute Gasteiger partial charge is 0.315 e. The minimum absolute atomic E-state index is 0.00541. The minimum Gasteiger partial charge on any atom is -0.396 e. The van der Waals surface area contributed by atoms with Gasteiger partial charge in [0.15, 0.2) is 0 Å². The molecule has 0 aromatic carbocycles. The summed E-state index contributed by atoms with van der Waals surface area (Å²) in [6.45, 7) is 6.22. The second-order valence-corrected chi connectivity index (χ2v) is 5.94. The fourth-order valence-corrected chi connectivity index (χ4v) is 2.80. The Labute approximate surface area is 119 Å². The van der Waals surface area contributed by atoms with Crippen LogP contribution in [0.3, 0.4) is 0 Å². The first-order valence-electron chi connectivity index (χ1n) is 6.79. The van der Waals surface area contributed by atoms with Crippen LogP contribution < -0.4 is 10.6 Å². The van der Waals surface area contributed by atoms with Gasteiger partial charge in [-0.1, -0.05) is 26.8 Å². The highest BCUT2D eigenvalue weighted by atomic mass is 32.1. The van der Waals surface area contributed by atoms with Gasteiger partial charge in [0, 0.05) is 17.5 Å². The number of thiophene rings is 1. The summed E-state index contributed by atoms with van der Waals surface area (Å²) < 4.78 is 0. The predicted octanol–water partition coefficient (Wildman–Crippen LogP) is 2.91. The number of rotatable bonds is 7. The molecule has 0 radical (unpaired) electrons. The third-order valence-electron chi connectivity index (χ3n) is 3.16. The van der Waals surface area contributed by atoms with Gasteiger partial charge in [0.25, 0.3) is 0 Å². The Hall–Kier alpha value is -1.07. The maximum atomic E-state index is 12.0. The zero-order valence-corrected chi connectivity index (χ0v) is 12.7. The van der Waals surface area contributed by atoms with Crippen LogP contribution in [0.4, 0.5) is 4.79 Å². The summed E-state index contributed by atoms with van der Waals surface area (Å²) in [7, 11) is 0. The normalized spacial score (nSPS) is 14.2. The molecule has 1 aromatic rings. The monoisotopic (exact) mass is 284 g/mol. The summed E-state index contributed by atoms with van der Waals surface area (Å²) >= 11 is 1.65. The van der Waals surface area contributed by atoms with Crippen LogP contribution in [-0.2, 0) is 0 Å². The Bertz CT molecular complexity index is 366. The van der Waals surface area contributed by atoms with E-state index in [0.717, 1.165) is 6.42 Å². The van der Waals surface area contributed by atoms with Crippen molar-refractivity contribution in [3.05, 3.63) is 22.4 Å². The molecule has 4 nitrogen and oxygen atoms in total. The van der Waals surface area contributed by atoms with Crippen molar-refractivity contribution < 1.29 is 9.90 Å². The Balaban J connectivity index is 2.53. The molecule has 2 atom stereocenters. The first kappa shape index (κ1) is 16.0. The Morgan fingerprint density at radius 3 is 2.63 bits per heavy atom. The second kappa shape index (κ2) is 8.17. The molecule has 5 heteroatoms. The average molecular weight is 284 g/mol. The average Bonchev–Trinajstić information content (AvgIpc) is 2.89. The van der Waals surface area contributed by atoms with E-state index in [1.165, 1.54) is 4.88 Å². The standard InChI is InChI=1S/C14H24N2O2S/c1-4-11(13-6-5-9-19-13)15-14(18)16-12(7-8-17)10(2)3/h5-6,9-12,17H,4,7-8H2,1-3H3,(H2,15,16,18). The van der Waals surface area contributed by atoms with Crippen molar-refractivity contribution in [1.82, 2.24) is 10.6 Å².